The molecule has 2 aromatic rings. The van der Waals surface area contributed by atoms with Crippen LogP contribution in [0.4, 0.5) is 11.4 Å². The standard InChI is InChI=1S/C14H9N3O3/c15-9-10-6-7-12(13(8-10)17(19)20)16-14(18)11-4-2-1-3-5-11/h1-8H,(H,16,18). The van der Waals surface area contributed by atoms with Gasteiger partial charge in [0.25, 0.3) is 11.6 Å². The normalized spacial score (nSPS) is 9.55. The molecule has 2 aromatic carbocycles. The largest absolute Gasteiger partial charge is 0.316 e. The summed E-state index contributed by atoms with van der Waals surface area (Å²) in [6.45, 7) is 0. The first kappa shape index (κ1) is 13.2. The van der Waals surface area contributed by atoms with Gasteiger partial charge in [0.2, 0.25) is 0 Å². The highest BCUT2D eigenvalue weighted by atomic mass is 16.6. The molecule has 0 fully saturated rings. The molecular formula is C14H9N3O3. The summed E-state index contributed by atoms with van der Waals surface area (Å²) in [6.07, 6.45) is 0. The smallest absolute Gasteiger partial charge is 0.294 e. The van der Waals surface area contributed by atoms with Crippen LogP contribution < -0.4 is 5.32 Å². The van der Waals surface area contributed by atoms with Crippen LogP contribution in [0.3, 0.4) is 0 Å². The van der Waals surface area contributed by atoms with Crippen molar-refractivity contribution in [3.63, 3.8) is 0 Å². The van der Waals surface area contributed by atoms with Gasteiger partial charge >= 0.3 is 0 Å². The lowest BCUT2D eigenvalue weighted by molar-refractivity contribution is -0.383. The van der Waals surface area contributed by atoms with Crippen molar-refractivity contribution in [1.82, 2.24) is 0 Å². The van der Waals surface area contributed by atoms with Gasteiger partial charge in [0.1, 0.15) is 5.69 Å². The van der Waals surface area contributed by atoms with Crippen molar-refractivity contribution < 1.29 is 9.72 Å². The number of nitrogens with one attached hydrogen (secondary N) is 1. The molecule has 6 nitrogen and oxygen atoms in total. The van der Waals surface area contributed by atoms with E-state index in [0.29, 0.717) is 5.56 Å². The van der Waals surface area contributed by atoms with Gasteiger partial charge in [0.15, 0.2) is 0 Å². The van der Waals surface area contributed by atoms with E-state index in [1.54, 1.807) is 30.3 Å². The maximum atomic E-state index is 11.9. The molecule has 1 N–H and O–H groups in total. The van der Waals surface area contributed by atoms with Crippen LogP contribution in [0.5, 0.6) is 0 Å². The second-order valence-electron chi connectivity index (χ2n) is 3.92. The molecule has 0 saturated carbocycles. The van der Waals surface area contributed by atoms with Crippen LogP contribution in [-0.2, 0) is 0 Å². The molecule has 0 spiro atoms. The number of carbonyl (C=O) groups is 1. The van der Waals surface area contributed by atoms with Gasteiger partial charge in [-0.3, -0.25) is 14.9 Å². The van der Waals surface area contributed by atoms with Crippen molar-refractivity contribution in [3.05, 3.63) is 69.8 Å². The molecule has 0 unspecified atom stereocenters. The summed E-state index contributed by atoms with van der Waals surface area (Å²) in [6, 6.07) is 14.1. The van der Waals surface area contributed by atoms with Gasteiger partial charge in [-0.05, 0) is 24.3 Å². The minimum Gasteiger partial charge on any atom is -0.316 e. The van der Waals surface area contributed by atoms with E-state index in [9.17, 15) is 14.9 Å². The zero-order chi connectivity index (χ0) is 14.5. The highest BCUT2D eigenvalue weighted by Crippen LogP contribution is 2.25. The first-order valence-corrected chi connectivity index (χ1v) is 5.67. The van der Waals surface area contributed by atoms with Gasteiger partial charge in [-0.2, -0.15) is 5.26 Å². The fraction of sp³-hybridized carbons (Fsp3) is 0. The molecular weight excluding hydrogens is 258 g/mol. The second-order valence-corrected chi connectivity index (χ2v) is 3.92. The molecule has 0 aromatic heterocycles. The minimum absolute atomic E-state index is 0.0582. The number of hydrogen-bond acceptors (Lipinski definition) is 4. The van der Waals surface area contributed by atoms with Gasteiger partial charge in [0.05, 0.1) is 16.6 Å². The molecule has 0 aliphatic carbocycles. The number of carbonyl (C=O) groups excluding carboxylic acids is 1. The summed E-state index contributed by atoms with van der Waals surface area (Å²) in [5.41, 5.74) is 0.303. The minimum atomic E-state index is -0.637. The number of nitrogens with zero attached hydrogens (tertiary/aromatic N) is 2. The van der Waals surface area contributed by atoms with E-state index in [-0.39, 0.29) is 16.9 Å². The van der Waals surface area contributed by atoms with Crippen molar-refractivity contribution in [2.24, 2.45) is 0 Å². The first-order valence-electron chi connectivity index (χ1n) is 5.67. The molecule has 20 heavy (non-hydrogen) atoms. The van der Waals surface area contributed by atoms with Crippen molar-refractivity contribution in [1.29, 1.82) is 5.26 Å². The SMILES string of the molecule is N#Cc1ccc(NC(=O)c2ccccc2)c([N+](=O)[O-])c1. The van der Waals surface area contributed by atoms with Gasteiger partial charge in [-0.25, -0.2) is 0 Å². The number of hydrogen-bond donors (Lipinski definition) is 1. The Hall–Kier alpha value is -3.20. The zero-order valence-electron chi connectivity index (χ0n) is 10.2. The maximum absolute atomic E-state index is 11.9. The summed E-state index contributed by atoms with van der Waals surface area (Å²) < 4.78 is 0. The monoisotopic (exact) mass is 267 g/mol. The Balaban J connectivity index is 2.32. The molecule has 1 amide bonds. The van der Waals surface area contributed by atoms with Crippen LogP contribution in [0.25, 0.3) is 0 Å². The van der Waals surface area contributed by atoms with Gasteiger partial charge in [-0.1, -0.05) is 18.2 Å². The van der Waals surface area contributed by atoms with Crippen LogP contribution in [0.2, 0.25) is 0 Å². The number of benzene rings is 2. The lowest BCUT2D eigenvalue weighted by atomic mass is 10.1. The van der Waals surface area contributed by atoms with E-state index in [2.05, 4.69) is 5.32 Å². The second kappa shape index (κ2) is 5.63. The topological polar surface area (TPSA) is 96.0 Å². The van der Waals surface area contributed by atoms with E-state index < -0.39 is 10.8 Å². The average Bonchev–Trinajstić information content (AvgIpc) is 2.48. The lowest BCUT2D eigenvalue weighted by Crippen LogP contribution is -2.13. The summed E-state index contributed by atoms with van der Waals surface area (Å²) >= 11 is 0. The molecule has 0 aliphatic heterocycles. The van der Waals surface area contributed by atoms with Crippen molar-refractivity contribution in [3.8, 4) is 6.07 Å². The van der Waals surface area contributed by atoms with Gasteiger partial charge in [-0.15, -0.1) is 0 Å². The van der Waals surface area contributed by atoms with Crippen molar-refractivity contribution in [2.75, 3.05) is 5.32 Å². The Morgan fingerprint density at radius 3 is 2.50 bits per heavy atom. The number of amides is 1. The van der Waals surface area contributed by atoms with Crippen LogP contribution in [-0.4, -0.2) is 10.8 Å². The van der Waals surface area contributed by atoms with Crippen LogP contribution in [0.1, 0.15) is 15.9 Å². The average molecular weight is 267 g/mol. The van der Waals surface area contributed by atoms with E-state index in [4.69, 9.17) is 5.26 Å². The highest BCUT2D eigenvalue weighted by Gasteiger charge is 2.17. The van der Waals surface area contributed by atoms with Crippen LogP contribution in [0.15, 0.2) is 48.5 Å². The Morgan fingerprint density at radius 1 is 1.20 bits per heavy atom. The van der Waals surface area contributed by atoms with Crippen LogP contribution >= 0.6 is 0 Å². The fourth-order valence-electron chi connectivity index (χ4n) is 1.64. The van der Waals surface area contributed by atoms with E-state index in [1.165, 1.54) is 12.1 Å². The van der Waals surface area contributed by atoms with Crippen molar-refractivity contribution in [2.45, 2.75) is 0 Å². The fourth-order valence-corrected chi connectivity index (χ4v) is 1.64. The van der Waals surface area contributed by atoms with E-state index in [1.807, 2.05) is 6.07 Å². The molecule has 0 atom stereocenters. The van der Waals surface area contributed by atoms with Gasteiger partial charge in [0, 0.05) is 11.6 Å². The number of nitriles is 1. The summed E-state index contributed by atoms with van der Waals surface area (Å²) in [4.78, 5) is 22.3. The Labute approximate surface area is 114 Å². The number of rotatable bonds is 3. The molecule has 2 rings (SSSR count). The van der Waals surface area contributed by atoms with Gasteiger partial charge < -0.3 is 5.32 Å². The summed E-state index contributed by atoms with van der Waals surface area (Å²) in [5.74, 6) is -0.446. The predicted octanol–water partition coefficient (Wildman–Crippen LogP) is 2.72. The first-order chi connectivity index (χ1) is 9.61. The predicted molar refractivity (Wildman–Crippen MR) is 72.2 cm³/mol. The Morgan fingerprint density at radius 2 is 1.90 bits per heavy atom. The van der Waals surface area contributed by atoms with Crippen molar-refractivity contribution >= 4 is 17.3 Å². The third-order valence-electron chi connectivity index (χ3n) is 2.61. The molecule has 0 heterocycles. The molecule has 0 aliphatic rings. The number of nitro benzene ring substituents is 1. The highest BCUT2D eigenvalue weighted by molar-refractivity contribution is 6.05. The van der Waals surface area contributed by atoms with E-state index >= 15 is 0 Å². The Bertz CT molecular complexity index is 705. The maximum Gasteiger partial charge on any atom is 0.294 e. The zero-order valence-corrected chi connectivity index (χ0v) is 10.2. The quantitative estimate of drug-likeness (QED) is 0.683. The van der Waals surface area contributed by atoms with Crippen LogP contribution in [0, 0.1) is 21.4 Å². The lowest BCUT2D eigenvalue weighted by Gasteiger charge is -2.06. The molecule has 6 heteroatoms. The number of anilines is 1. The Kier molecular flexibility index (Phi) is 3.72. The van der Waals surface area contributed by atoms with E-state index in [0.717, 1.165) is 6.07 Å². The molecule has 98 valence electrons. The third-order valence-corrected chi connectivity index (χ3v) is 2.61. The molecule has 0 bridgehead atoms. The summed E-state index contributed by atoms with van der Waals surface area (Å²) in [5, 5.41) is 22.2. The summed E-state index contributed by atoms with van der Waals surface area (Å²) in [7, 11) is 0. The third kappa shape index (κ3) is 2.79. The molecule has 0 saturated heterocycles. The molecule has 0 radical (unpaired) electrons. The number of nitro groups is 1.